The number of anilines is 2. The SMILES string of the molecule is CCC(C(=O)[O-])C1CCC(C)C(C(C)C(O)C(C)C(=O)C(CC)C2OC3(C=CC(O)C4(CCC(C)(C5CCC(O)(CC)C(C)O5)O4)O3)C(C)CC2C)O1.CCN(CC)C(C)CN1c2ccccc2Sc2ccccc21.Cl.[Na+]. The first-order chi connectivity index (χ1) is 35.5. The minimum absolute atomic E-state index is 0. The van der Waals surface area contributed by atoms with Gasteiger partial charge in [-0.15, -0.1) is 12.4 Å². The first-order valence-electron chi connectivity index (χ1n) is 28.8. The minimum Gasteiger partial charge on any atom is -0.550 e. The molecular weight excluding hydrogens is 1030 g/mol. The van der Waals surface area contributed by atoms with Crippen LogP contribution in [-0.4, -0.2) is 123 Å². The van der Waals surface area contributed by atoms with Crippen molar-refractivity contribution in [1.29, 1.82) is 0 Å². The summed E-state index contributed by atoms with van der Waals surface area (Å²) < 4.78 is 33.4. The van der Waals surface area contributed by atoms with E-state index in [0.29, 0.717) is 63.8 Å². The van der Waals surface area contributed by atoms with E-state index in [0.717, 1.165) is 26.1 Å². The van der Waals surface area contributed by atoms with Crippen LogP contribution in [0.15, 0.2) is 70.5 Å². The molecule has 0 saturated carbocycles. The van der Waals surface area contributed by atoms with Crippen molar-refractivity contribution in [2.45, 2.75) is 236 Å². The molecule has 16 heteroatoms. The Balaban J connectivity index is 0.000000380. The van der Waals surface area contributed by atoms with Gasteiger partial charge in [0.2, 0.25) is 5.79 Å². The zero-order valence-corrected chi connectivity index (χ0v) is 52.6. The molecule has 0 radical (unpaired) electrons. The third-order valence-corrected chi connectivity index (χ3v) is 20.0. The summed E-state index contributed by atoms with van der Waals surface area (Å²) in [5.41, 5.74) is 1.04. The van der Waals surface area contributed by atoms with Crippen molar-refractivity contribution >= 4 is 47.3 Å². The van der Waals surface area contributed by atoms with E-state index in [-0.39, 0.29) is 77.7 Å². The predicted molar refractivity (Wildman–Crippen MR) is 300 cm³/mol. The topological polar surface area (TPSA) is 171 Å². The molecule has 4 fully saturated rings. The van der Waals surface area contributed by atoms with Crippen LogP contribution in [0.4, 0.5) is 11.4 Å². The second-order valence-corrected chi connectivity index (χ2v) is 24.7. The zero-order chi connectivity index (χ0) is 54.8. The van der Waals surface area contributed by atoms with Gasteiger partial charge in [-0.2, -0.15) is 0 Å². The van der Waals surface area contributed by atoms with Crippen LogP contribution in [-0.2, 0) is 33.3 Å². The van der Waals surface area contributed by atoms with Gasteiger partial charge < -0.3 is 53.8 Å². The number of fused-ring (bicyclic) bond motifs is 2. The fourth-order valence-electron chi connectivity index (χ4n) is 13.7. The number of halogens is 1. The van der Waals surface area contributed by atoms with Crippen LogP contribution in [0.3, 0.4) is 0 Å². The molecule has 2 spiro atoms. The van der Waals surface area contributed by atoms with Gasteiger partial charge in [0.25, 0.3) is 0 Å². The second kappa shape index (κ2) is 27.7. The fourth-order valence-corrected chi connectivity index (χ4v) is 14.8. The van der Waals surface area contributed by atoms with E-state index in [4.69, 9.17) is 23.7 Å². The molecule has 6 aliphatic rings. The maximum atomic E-state index is 14.4. The van der Waals surface area contributed by atoms with Gasteiger partial charge in [0.15, 0.2) is 5.79 Å². The van der Waals surface area contributed by atoms with Crippen LogP contribution in [0, 0.1) is 41.4 Å². The number of aliphatic hydroxyl groups is 3. The van der Waals surface area contributed by atoms with Crippen LogP contribution >= 0.6 is 24.2 Å². The molecule has 2 aromatic carbocycles. The molecule has 2 aromatic rings. The average molecular weight is 1120 g/mol. The summed E-state index contributed by atoms with van der Waals surface area (Å²) in [6.07, 6.45) is 5.22. The van der Waals surface area contributed by atoms with Gasteiger partial charge in [-0.05, 0) is 140 Å². The Morgan fingerprint density at radius 1 is 0.831 bits per heavy atom. The Morgan fingerprint density at radius 3 is 2.00 bits per heavy atom. The van der Waals surface area contributed by atoms with Crippen molar-refractivity contribution in [1.82, 2.24) is 4.90 Å². The molecule has 19 atom stereocenters. The third-order valence-electron chi connectivity index (χ3n) is 18.8. The Morgan fingerprint density at radius 2 is 1.44 bits per heavy atom. The number of carboxylic acid groups (broad SMARTS) is 1. The number of nitrogens with zero attached hydrogens (tertiary/aromatic N) is 2. The van der Waals surface area contributed by atoms with E-state index in [1.807, 2.05) is 53.3 Å². The first-order valence-corrected chi connectivity index (χ1v) is 29.7. The molecule has 6 aliphatic heterocycles. The number of carbonyl (C=O) groups is 2. The quantitative estimate of drug-likeness (QED) is 0.107. The summed E-state index contributed by atoms with van der Waals surface area (Å²) in [5, 5.41) is 46.0. The maximum Gasteiger partial charge on any atom is 1.00 e. The molecular formula is C61H94ClN2NaO11S. The Hall–Kier alpha value is -1.60. The number of carboxylic acids is 1. The summed E-state index contributed by atoms with van der Waals surface area (Å²) in [6, 6.07) is 18.0. The molecule has 77 heavy (non-hydrogen) atoms. The number of aliphatic carboxylic acids is 1. The van der Waals surface area contributed by atoms with Crippen LogP contribution in [0.25, 0.3) is 0 Å². The van der Waals surface area contributed by atoms with Gasteiger partial charge in [0.05, 0.1) is 59.2 Å². The van der Waals surface area contributed by atoms with E-state index in [1.165, 1.54) is 21.2 Å². The Kier molecular flexibility index (Phi) is 23.8. The molecule has 3 N–H and O–H groups in total. The molecule has 19 unspecified atom stereocenters. The number of ketones is 1. The van der Waals surface area contributed by atoms with Crippen molar-refractivity contribution in [2.75, 3.05) is 24.5 Å². The smallest absolute Gasteiger partial charge is 0.550 e. The van der Waals surface area contributed by atoms with E-state index in [1.54, 1.807) is 19.1 Å². The molecule has 0 amide bonds. The predicted octanol–water partition coefficient (Wildman–Crippen LogP) is 7.30. The van der Waals surface area contributed by atoms with Crippen molar-refractivity contribution in [3.05, 3.63) is 60.7 Å². The zero-order valence-electron chi connectivity index (χ0n) is 48.9. The number of hydrogen-bond acceptors (Lipinski definition) is 14. The van der Waals surface area contributed by atoms with E-state index < -0.39 is 82.9 Å². The number of Topliss-reactive ketones (excluding diaryl/α,β-unsaturated/α-hetero) is 1. The number of carbonyl (C=O) groups excluding carboxylic acids is 2. The summed E-state index contributed by atoms with van der Waals surface area (Å²) in [5.74, 6) is -6.24. The van der Waals surface area contributed by atoms with Crippen LogP contribution < -0.4 is 39.6 Å². The van der Waals surface area contributed by atoms with Crippen molar-refractivity contribution < 1.29 is 83.3 Å². The van der Waals surface area contributed by atoms with Gasteiger partial charge >= 0.3 is 29.6 Å². The number of para-hydroxylation sites is 2. The monoisotopic (exact) mass is 1120 g/mol. The molecule has 8 rings (SSSR count). The molecule has 6 heterocycles. The number of hydrogen-bond donors (Lipinski definition) is 3. The number of ether oxygens (including phenoxy) is 5. The van der Waals surface area contributed by atoms with Gasteiger partial charge in [-0.1, -0.05) is 105 Å². The summed E-state index contributed by atoms with van der Waals surface area (Å²) >= 11 is 1.88. The first kappa shape index (κ1) is 66.2. The van der Waals surface area contributed by atoms with Crippen molar-refractivity contribution in [2.24, 2.45) is 41.4 Å². The van der Waals surface area contributed by atoms with E-state index in [2.05, 4.69) is 99.9 Å². The van der Waals surface area contributed by atoms with Gasteiger partial charge in [0.1, 0.15) is 11.9 Å². The minimum atomic E-state index is -1.37. The number of rotatable bonds is 17. The number of likely N-dealkylation sites (N-methyl/N-ethyl adjacent to an activating group) is 1. The molecule has 0 bridgehead atoms. The van der Waals surface area contributed by atoms with Crippen LogP contribution in [0.1, 0.15) is 154 Å². The summed E-state index contributed by atoms with van der Waals surface area (Å²) in [7, 11) is 0. The van der Waals surface area contributed by atoms with Crippen molar-refractivity contribution in [3.8, 4) is 0 Å². The van der Waals surface area contributed by atoms with Gasteiger partial charge in [-0.3, -0.25) is 9.69 Å². The Bertz CT molecular complexity index is 2230. The molecule has 0 aliphatic carbocycles. The average Bonchev–Trinajstić information content (AvgIpc) is 3.74. The maximum absolute atomic E-state index is 14.4. The molecule has 0 aromatic heterocycles. The second-order valence-electron chi connectivity index (χ2n) is 23.6. The largest absolute Gasteiger partial charge is 1.00 e. The van der Waals surface area contributed by atoms with E-state index in [9.17, 15) is 30.0 Å². The molecule has 4 saturated heterocycles. The standard InChI is InChI=1S/C42H70O11.C19H24N2S.ClH.Na/c1-11-29(38(46)47)31-15-14-23(4)36(50-31)27(8)34(44)26(7)35(45)30(12-2)37-24(5)22-25(6)41(51-37)19-16-32(43)42(53-41)21-20-39(10,52-42)33-17-18-40(48,13-3)28(9)49-33;1-4-20(5-2)15(3)14-21-16-10-6-8-12-18(16)22-19-13-9-7-11-17(19)21;;/h16,19,23-34,36-37,43-44,48H,11-15,17-18,20-22H2,1-10H3,(H,46,47);6-13,15H,4-5,14H2,1-3H3;1H;/q;;;+1/p-1. The van der Waals surface area contributed by atoms with E-state index >= 15 is 0 Å². The van der Waals surface area contributed by atoms with Gasteiger partial charge in [0, 0.05) is 64.4 Å². The number of benzene rings is 2. The Labute approximate surface area is 494 Å². The van der Waals surface area contributed by atoms with Gasteiger partial charge in [-0.25, -0.2) is 0 Å². The number of aliphatic hydroxyl groups excluding tert-OH is 2. The normalized spacial score (nSPS) is 36.0. The summed E-state index contributed by atoms with van der Waals surface area (Å²) in [4.78, 5) is 34.0. The fraction of sp³-hybridized carbons (Fsp3) is 0.738. The van der Waals surface area contributed by atoms with Crippen molar-refractivity contribution in [3.63, 3.8) is 0 Å². The third kappa shape index (κ3) is 13.8. The molecule has 428 valence electrons. The molecule has 13 nitrogen and oxygen atoms in total. The van der Waals surface area contributed by atoms with Crippen LogP contribution in [0.5, 0.6) is 0 Å². The summed E-state index contributed by atoms with van der Waals surface area (Å²) in [6.45, 7) is 29.6. The van der Waals surface area contributed by atoms with Crippen LogP contribution in [0.2, 0.25) is 0 Å².